The van der Waals surface area contributed by atoms with Crippen LogP contribution in [0.2, 0.25) is 0 Å². The van der Waals surface area contributed by atoms with E-state index in [1.807, 2.05) is 45.0 Å². The van der Waals surface area contributed by atoms with Gasteiger partial charge in [-0.2, -0.15) is 0 Å². The smallest absolute Gasteiger partial charge is 0.412 e. The van der Waals surface area contributed by atoms with Crippen LogP contribution in [0.15, 0.2) is 42.6 Å². The SMILES string of the molecule is CC(C)(C)OC(=O)Nc1cnc2c(c1)CN[C@H](c1ccccc1)CO2. The van der Waals surface area contributed by atoms with E-state index in [0.717, 1.165) is 5.56 Å². The van der Waals surface area contributed by atoms with Gasteiger partial charge in [0.25, 0.3) is 0 Å². The topological polar surface area (TPSA) is 72.5 Å². The Morgan fingerprint density at radius 2 is 2.08 bits per heavy atom. The molecule has 0 saturated heterocycles. The third-order valence-electron chi connectivity index (χ3n) is 3.70. The first-order valence-corrected chi connectivity index (χ1v) is 8.31. The summed E-state index contributed by atoms with van der Waals surface area (Å²) in [7, 11) is 0. The maximum Gasteiger partial charge on any atom is 0.412 e. The predicted molar refractivity (Wildman–Crippen MR) is 95.6 cm³/mol. The molecule has 0 bridgehead atoms. The molecule has 1 aliphatic heterocycles. The van der Waals surface area contributed by atoms with E-state index < -0.39 is 11.7 Å². The van der Waals surface area contributed by atoms with Crippen molar-refractivity contribution in [2.45, 2.75) is 39.0 Å². The highest BCUT2D eigenvalue weighted by Crippen LogP contribution is 2.25. The van der Waals surface area contributed by atoms with Gasteiger partial charge in [-0.1, -0.05) is 30.3 Å². The van der Waals surface area contributed by atoms with Gasteiger partial charge in [0.05, 0.1) is 17.9 Å². The largest absolute Gasteiger partial charge is 0.475 e. The highest BCUT2D eigenvalue weighted by Gasteiger charge is 2.20. The third-order valence-corrected chi connectivity index (χ3v) is 3.70. The fraction of sp³-hybridized carbons (Fsp3) is 0.368. The Morgan fingerprint density at radius 3 is 2.80 bits per heavy atom. The highest BCUT2D eigenvalue weighted by molar-refractivity contribution is 5.84. The van der Waals surface area contributed by atoms with Gasteiger partial charge < -0.3 is 14.8 Å². The first kappa shape index (κ1) is 17.2. The molecule has 6 nitrogen and oxygen atoms in total. The minimum Gasteiger partial charge on any atom is -0.475 e. The number of carbonyl (C=O) groups is 1. The number of fused-ring (bicyclic) bond motifs is 1. The number of aromatic nitrogens is 1. The number of amides is 1. The summed E-state index contributed by atoms with van der Waals surface area (Å²) < 4.78 is 11.1. The number of hydrogen-bond acceptors (Lipinski definition) is 5. The second-order valence-electron chi connectivity index (χ2n) is 6.97. The van der Waals surface area contributed by atoms with Gasteiger partial charge >= 0.3 is 6.09 Å². The lowest BCUT2D eigenvalue weighted by atomic mass is 10.1. The summed E-state index contributed by atoms with van der Waals surface area (Å²) in [6.45, 7) is 6.57. The number of ether oxygens (including phenoxy) is 2. The van der Waals surface area contributed by atoms with Crippen LogP contribution in [0, 0.1) is 0 Å². The summed E-state index contributed by atoms with van der Waals surface area (Å²) in [6, 6.07) is 12.1. The van der Waals surface area contributed by atoms with Gasteiger partial charge in [0.1, 0.15) is 12.2 Å². The summed E-state index contributed by atoms with van der Waals surface area (Å²) in [6.07, 6.45) is 1.07. The maximum absolute atomic E-state index is 11.9. The van der Waals surface area contributed by atoms with E-state index in [-0.39, 0.29) is 6.04 Å². The molecule has 25 heavy (non-hydrogen) atoms. The monoisotopic (exact) mass is 341 g/mol. The maximum atomic E-state index is 11.9. The van der Waals surface area contributed by atoms with E-state index in [9.17, 15) is 4.79 Å². The van der Waals surface area contributed by atoms with Crippen molar-refractivity contribution in [3.63, 3.8) is 0 Å². The molecule has 2 heterocycles. The summed E-state index contributed by atoms with van der Waals surface area (Å²) >= 11 is 0. The normalized spacial score (nSPS) is 17.0. The molecular weight excluding hydrogens is 318 g/mol. The molecule has 1 atom stereocenters. The zero-order valence-corrected chi connectivity index (χ0v) is 14.7. The summed E-state index contributed by atoms with van der Waals surface area (Å²) in [5, 5.41) is 6.17. The van der Waals surface area contributed by atoms with Gasteiger partial charge in [-0.25, -0.2) is 9.78 Å². The summed E-state index contributed by atoms with van der Waals surface area (Å²) in [5.41, 5.74) is 2.10. The molecule has 132 valence electrons. The summed E-state index contributed by atoms with van der Waals surface area (Å²) in [5.74, 6) is 0.584. The van der Waals surface area contributed by atoms with Crippen LogP contribution in [-0.4, -0.2) is 23.3 Å². The van der Waals surface area contributed by atoms with E-state index in [2.05, 4.69) is 27.8 Å². The first-order valence-electron chi connectivity index (χ1n) is 8.31. The average molecular weight is 341 g/mol. The Kier molecular flexibility index (Phi) is 4.90. The van der Waals surface area contributed by atoms with Crippen LogP contribution in [0.1, 0.15) is 37.9 Å². The number of rotatable bonds is 2. The molecule has 0 radical (unpaired) electrons. The van der Waals surface area contributed by atoms with Crippen LogP contribution in [-0.2, 0) is 11.3 Å². The van der Waals surface area contributed by atoms with Crippen LogP contribution in [0.25, 0.3) is 0 Å². The van der Waals surface area contributed by atoms with Crippen molar-refractivity contribution in [3.05, 3.63) is 53.7 Å². The molecule has 0 saturated carbocycles. The second-order valence-corrected chi connectivity index (χ2v) is 6.97. The Labute approximate surface area is 147 Å². The molecule has 0 fully saturated rings. The molecular formula is C19H23N3O3. The average Bonchev–Trinajstić information content (AvgIpc) is 2.76. The lowest BCUT2D eigenvalue weighted by molar-refractivity contribution is 0.0636. The van der Waals surface area contributed by atoms with E-state index in [0.29, 0.717) is 24.7 Å². The first-order chi connectivity index (χ1) is 11.9. The lowest BCUT2D eigenvalue weighted by Gasteiger charge is -2.19. The molecule has 2 N–H and O–H groups in total. The quantitative estimate of drug-likeness (QED) is 0.872. The third kappa shape index (κ3) is 4.70. The van der Waals surface area contributed by atoms with Crippen LogP contribution >= 0.6 is 0 Å². The Balaban J connectivity index is 1.68. The highest BCUT2D eigenvalue weighted by atomic mass is 16.6. The molecule has 6 heteroatoms. The van der Waals surface area contributed by atoms with E-state index >= 15 is 0 Å². The number of anilines is 1. The Morgan fingerprint density at radius 1 is 1.32 bits per heavy atom. The van der Waals surface area contributed by atoms with Crippen LogP contribution < -0.4 is 15.4 Å². The van der Waals surface area contributed by atoms with Crippen molar-refractivity contribution in [1.29, 1.82) is 0 Å². The molecule has 0 spiro atoms. The van der Waals surface area contributed by atoms with Crippen LogP contribution in [0.4, 0.5) is 10.5 Å². The molecule has 2 aromatic rings. The van der Waals surface area contributed by atoms with Gasteiger partial charge in [-0.15, -0.1) is 0 Å². The minimum absolute atomic E-state index is 0.0951. The Hall–Kier alpha value is -2.60. The zero-order valence-electron chi connectivity index (χ0n) is 14.7. The van der Waals surface area contributed by atoms with Crippen molar-refractivity contribution in [2.75, 3.05) is 11.9 Å². The number of hydrogen-bond donors (Lipinski definition) is 2. The van der Waals surface area contributed by atoms with Crippen molar-refractivity contribution >= 4 is 11.8 Å². The molecule has 3 rings (SSSR count). The number of benzene rings is 1. The summed E-state index contributed by atoms with van der Waals surface area (Å²) in [4.78, 5) is 16.2. The number of pyridine rings is 1. The Bertz CT molecular complexity index is 741. The van der Waals surface area contributed by atoms with Gasteiger partial charge in [-0.3, -0.25) is 5.32 Å². The minimum atomic E-state index is -0.545. The second kappa shape index (κ2) is 7.11. The van der Waals surface area contributed by atoms with Gasteiger partial charge in [-0.05, 0) is 32.4 Å². The number of nitrogens with zero attached hydrogens (tertiary/aromatic N) is 1. The van der Waals surface area contributed by atoms with Crippen molar-refractivity contribution in [3.8, 4) is 5.88 Å². The lowest BCUT2D eigenvalue weighted by Crippen LogP contribution is -2.27. The molecule has 1 aromatic carbocycles. The fourth-order valence-corrected chi connectivity index (χ4v) is 2.60. The molecule has 0 aliphatic carbocycles. The number of nitrogens with one attached hydrogen (secondary N) is 2. The molecule has 1 aromatic heterocycles. The standard InChI is InChI=1S/C19H23N3O3/c1-19(2,3)25-18(23)22-15-9-14-10-20-16(12-24-17(14)21-11-15)13-7-5-4-6-8-13/h4-9,11,16,20H,10,12H2,1-3H3,(H,22,23)/t16-/m0/s1. The molecule has 0 unspecified atom stereocenters. The van der Waals surface area contributed by atoms with Gasteiger partial charge in [0.15, 0.2) is 0 Å². The predicted octanol–water partition coefficient (Wildman–Crippen LogP) is 3.65. The number of carbonyl (C=O) groups excluding carboxylic acids is 1. The molecule has 1 amide bonds. The van der Waals surface area contributed by atoms with Crippen molar-refractivity contribution < 1.29 is 14.3 Å². The van der Waals surface area contributed by atoms with E-state index in [4.69, 9.17) is 9.47 Å². The van der Waals surface area contributed by atoms with Crippen LogP contribution in [0.5, 0.6) is 5.88 Å². The van der Waals surface area contributed by atoms with Gasteiger partial charge in [0, 0.05) is 12.1 Å². The van der Waals surface area contributed by atoms with Gasteiger partial charge in [0.2, 0.25) is 5.88 Å². The van der Waals surface area contributed by atoms with Crippen molar-refractivity contribution in [1.82, 2.24) is 10.3 Å². The van der Waals surface area contributed by atoms with E-state index in [1.165, 1.54) is 5.56 Å². The zero-order chi connectivity index (χ0) is 17.9. The van der Waals surface area contributed by atoms with Crippen molar-refractivity contribution in [2.24, 2.45) is 0 Å². The van der Waals surface area contributed by atoms with Crippen LogP contribution in [0.3, 0.4) is 0 Å². The molecule has 1 aliphatic rings. The fourth-order valence-electron chi connectivity index (χ4n) is 2.60. The van der Waals surface area contributed by atoms with E-state index in [1.54, 1.807) is 6.20 Å².